The molecule has 0 saturated carbocycles. The number of benzene rings is 3. The zero-order chi connectivity index (χ0) is 21.8. The van der Waals surface area contributed by atoms with Gasteiger partial charge < -0.3 is 5.73 Å². The van der Waals surface area contributed by atoms with Crippen LogP contribution in [-0.4, -0.2) is 5.78 Å². The van der Waals surface area contributed by atoms with Gasteiger partial charge in [-0.1, -0.05) is 42.5 Å². The molecule has 0 radical (unpaired) electrons. The van der Waals surface area contributed by atoms with Crippen molar-refractivity contribution < 1.29 is 31.1 Å². The number of ketones is 1. The summed E-state index contributed by atoms with van der Waals surface area (Å²) in [4.78, 5) is 13.1. The monoisotopic (exact) mass is 421 g/mol. The van der Waals surface area contributed by atoms with Crippen molar-refractivity contribution in [1.82, 2.24) is 0 Å². The van der Waals surface area contributed by atoms with Crippen LogP contribution in [0.1, 0.15) is 44.2 Å². The first-order valence-corrected chi connectivity index (χ1v) is 8.80. The molecule has 30 heavy (non-hydrogen) atoms. The van der Waals surface area contributed by atoms with Gasteiger partial charge in [0.2, 0.25) is 0 Å². The predicted octanol–water partition coefficient (Wildman–Crippen LogP) is 5.98. The van der Waals surface area contributed by atoms with E-state index in [1.807, 2.05) is 0 Å². The van der Waals surface area contributed by atoms with Crippen LogP contribution in [0, 0.1) is 0 Å². The van der Waals surface area contributed by atoms with Gasteiger partial charge in [0.1, 0.15) is 0 Å². The van der Waals surface area contributed by atoms with E-state index in [2.05, 4.69) is 0 Å². The average molecular weight is 421 g/mol. The van der Waals surface area contributed by atoms with Gasteiger partial charge in [0.15, 0.2) is 5.78 Å². The topological polar surface area (TPSA) is 43.1 Å². The molecule has 1 aliphatic carbocycles. The zero-order valence-electron chi connectivity index (χ0n) is 15.1. The van der Waals surface area contributed by atoms with Crippen molar-refractivity contribution in [2.24, 2.45) is 5.73 Å². The molecule has 2 N–H and O–H groups in total. The highest BCUT2D eigenvalue weighted by Gasteiger charge is 2.38. The molecular formula is C22H13F6NO. The molecule has 3 aromatic rings. The Bertz CT molecular complexity index is 1130. The molecule has 0 spiro atoms. The summed E-state index contributed by atoms with van der Waals surface area (Å²) in [7, 11) is 0. The summed E-state index contributed by atoms with van der Waals surface area (Å²) >= 11 is 0. The molecule has 0 aromatic heterocycles. The fourth-order valence-electron chi connectivity index (χ4n) is 3.74. The first-order valence-electron chi connectivity index (χ1n) is 8.80. The highest BCUT2D eigenvalue weighted by atomic mass is 19.4. The van der Waals surface area contributed by atoms with Crippen LogP contribution >= 0.6 is 0 Å². The Morgan fingerprint density at radius 1 is 0.767 bits per heavy atom. The lowest BCUT2D eigenvalue weighted by molar-refractivity contribution is -0.143. The minimum absolute atomic E-state index is 0.00616. The van der Waals surface area contributed by atoms with Crippen LogP contribution in [0.5, 0.6) is 0 Å². The molecule has 1 unspecified atom stereocenters. The number of alkyl halides is 6. The molecule has 1 atom stereocenters. The predicted molar refractivity (Wildman–Crippen MR) is 97.8 cm³/mol. The van der Waals surface area contributed by atoms with Gasteiger partial charge in [-0.05, 0) is 40.5 Å². The third-order valence-corrected chi connectivity index (χ3v) is 5.10. The van der Waals surface area contributed by atoms with E-state index in [0.29, 0.717) is 23.3 Å². The molecular weight excluding hydrogens is 408 g/mol. The molecule has 2 nitrogen and oxygen atoms in total. The SMILES string of the molecule is NC1c2ccccc2-c2cccc(C(=O)c3cc(C(F)(F)F)cc(C(F)(F)F)c3)c21. The van der Waals surface area contributed by atoms with E-state index in [4.69, 9.17) is 5.73 Å². The summed E-state index contributed by atoms with van der Waals surface area (Å²) in [6, 6.07) is 11.8. The third-order valence-electron chi connectivity index (χ3n) is 5.10. The van der Waals surface area contributed by atoms with E-state index < -0.39 is 40.9 Å². The van der Waals surface area contributed by atoms with E-state index in [1.54, 1.807) is 30.3 Å². The maximum atomic E-state index is 13.2. The fourth-order valence-corrected chi connectivity index (χ4v) is 3.74. The Balaban J connectivity index is 1.88. The number of fused-ring (bicyclic) bond motifs is 3. The van der Waals surface area contributed by atoms with Gasteiger partial charge in [-0.25, -0.2) is 0 Å². The number of hydrogen-bond acceptors (Lipinski definition) is 2. The van der Waals surface area contributed by atoms with Gasteiger partial charge in [0.05, 0.1) is 17.2 Å². The minimum atomic E-state index is -5.04. The van der Waals surface area contributed by atoms with Gasteiger partial charge in [-0.15, -0.1) is 0 Å². The Morgan fingerprint density at radius 3 is 1.93 bits per heavy atom. The zero-order valence-corrected chi connectivity index (χ0v) is 15.1. The molecule has 0 saturated heterocycles. The molecule has 0 bridgehead atoms. The molecule has 0 amide bonds. The summed E-state index contributed by atoms with van der Waals surface area (Å²) in [5.74, 6) is -0.952. The van der Waals surface area contributed by atoms with Crippen molar-refractivity contribution >= 4 is 5.78 Å². The number of halogens is 6. The maximum absolute atomic E-state index is 13.2. The average Bonchev–Trinajstić information content (AvgIpc) is 2.99. The first-order chi connectivity index (χ1) is 14.0. The molecule has 0 fully saturated rings. The Hall–Kier alpha value is -3.13. The van der Waals surface area contributed by atoms with Crippen LogP contribution < -0.4 is 5.73 Å². The van der Waals surface area contributed by atoms with Crippen molar-refractivity contribution in [1.29, 1.82) is 0 Å². The van der Waals surface area contributed by atoms with Crippen molar-refractivity contribution in [3.63, 3.8) is 0 Å². The number of rotatable bonds is 2. The van der Waals surface area contributed by atoms with Crippen LogP contribution in [0.4, 0.5) is 26.3 Å². The standard InChI is InChI=1S/C22H13F6NO/c23-21(24,25)12-8-11(9-13(10-12)22(26,27)28)20(30)17-7-3-6-15-14-4-1-2-5-16(14)19(29)18(15)17/h1-10,19H,29H2. The molecule has 8 heteroatoms. The molecule has 1 aliphatic rings. The van der Waals surface area contributed by atoms with Crippen molar-refractivity contribution in [2.45, 2.75) is 18.4 Å². The fraction of sp³-hybridized carbons (Fsp3) is 0.136. The number of carbonyl (C=O) groups is 1. The molecule has 154 valence electrons. The van der Waals surface area contributed by atoms with Crippen LogP contribution in [0.3, 0.4) is 0 Å². The normalized spacial score (nSPS) is 15.6. The van der Waals surface area contributed by atoms with Gasteiger partial charge in [0.25, 0.3) is 0 Å². The molecule has 3 aromatic carbocycles. The minimum Gasteiger partial charge on any atom is -0.320 e. The van der Waals surface area contributed by atoms with Crippen LogP contribution in [0.25, 0.3) is 11.1 Å². The summed E-state index contributed by atoms with van der Waals surface area (Å²) < 4.78 is 79.0. The van der Waals surface area contributed by atoms with Gasteiger partial charge in [-0.3, -0.25) is 4.79 Å². The Labute approximate surface area is 166 Å². The Kier molecular flexibility index (Phi) is 4.50. The highest BCUT2D eigenvalue weighted by molar-refractivity contribution is 6.11. The largest absolute Gasteiger partial charge is 0.416 e. The highest BCUT2D eigenvalue weighted by Crippen LogP contribution is 2.44. The molecule has 0 heterocycles. The number of hydrogen-bond donors (Lipinski definition) is 1. The van der Waals surface area contributed by atoms with Gasteiger partial charge in [-0.2, -0.15) is 26.3 Å². The summed E-state index contributed by atoms with van der Waals surface area (Å²) in [5, 5.41) is 0. The van der Waals surface area contributed by atoms with E-state index in [-0.39, 0.29) is 11.6 Å². The van der Waals surface area contributed by atoms with Crippen molar-refractivity contribution in [3.8, 4) is 11.1 Å². The third kappa shape index (κ3) is 3.27. The Morgan fingerprint density at radius 2 is 1.33 bits per heavy atom. The van der Waals surface area contributed by atoms with Crippen molar-refractivity contribution in [3.05, 3.63) is 94.0 Å². The van der Waals surface area contributed by atoms with Gasteiger partial charge in [0, 0.05) is 11.1 Å². The number of carbonyl (C=O) groups excluding carboxylic acids is 1. The van der Waals surface area contributed by atoms with Gasteiger partial charge >= 0.3 is 12.4 Å². The van der Waals surface area contributed by atoms with Crippen LogP contribution in [0.2, 0.25) is 0 Å². The summed E-state index contributed by atoms with van der Waals surface area (Å²) in [6.45, 7) is 0. The van der Waals surface area contributed by atoms with Crippen molar-refractivity contribution in [2.75, 3.05) is 0 Å². The maximum Gasteiger partial charge on any atom is 0.416 e. The van der Waals surface area contributed by atoms with E-state index in [0.717, 1.165) is 11.1 Å². The second kappa shape index (κ2) is 6.70. The van der Waals surface area contributed by atoms with E-state index in [1.165, 1.54) is 12.1 Å². The van der Waals surface area contributed by atoms with Crippen LogP contribution in [-0.2, 0) is 12.4 Å². The van der Waals surface area contributed by atoms with E-state index in [9.17, 15) is 31.1 Å². The van der Waals surface area contributed by atoms with Crippen LogP contribution in [0.15, 0.2) is 60.7 Å². The second-order valence-electron chi connectivity index (χ2n) is 6.96. The van der Waals surface area contributed by atoms with E-state index >= 15 is 0 Å². The smallest absolute Gasteiger partial charge is 0.320 e. The molecule has 4 rings (SSSR count). The lowest BCUT2D eigenvalue weighted by Crippen LogP contribution is -2.16. The first kappa shape index (κ1) is 20.2. The lowest BCUT2D eigenvalue weighted by Gasteiger charge is -2.16. The summed E-state index contributed by atoms with van der Waals surface area (Å²) in [5.41, 5.74) is 4.97. The quantitative estimate of drug-likeness (QED) is 0.408. The summed E-state index contributed by atoms with van der Waals surface area (Å²) in [6.07, 6.45) is -10.1. The molecule has 0 aliphatic heterocycles. The second-order valence-corrected chi connectivity index (χ2v) is 6.96. The lowest BCUT2D eigenvalue weighted by atomic mass is 9.91. The number of nitrogens with two attached hydrogens (primary N) is 1.